The van der Waals surface area contributed by atoms with Crippen molar-refractivity contribution < 1.29 is 19.5 Å². The Bertz CT molecular complexity index is 277. The molecule has 1 rings (SSSR count). The zero-order valence-corrected chi connectivity index (χ0v) is 7.89. The van der Waals surface area contributed by atoms with Crippen LogP contribution in [0.1, 0.15) is 6.42 Å². The van der Waals surface area contributed by atoms with Gasteiger partial charge in [0.25, 0.3) is 0 Å². The number of nitrogens with zero attached hydrogens (tertiary/aromatic N) is 2. The van der Waals surface area contributed by atoms with Gasteiger partial charge in [0.2, 0.25) is 0 Å². The number of amides is 2. The molecule has 0 aromatic heterocycles. The third kappa shape index (κ3) is 2.21. The monoisotopic (exact) mass is 200 g/mol. The predicted molar refractivity (Wildman–Crippen MR) is 46.5 cm³/mol. The molecule has 0 saturated carbocycles. The molecule has 0 aliphatic carbocycles. The lowest BCUT2D eigenvalue weighted by atomic mass is 10.3. The van der Waals surface area contributed by atoms with Gasteiger partial charge in [-0.05, 0) is 0 Å². The van der Waals surface area contributed by atoms with Crippen molar-refractivity contribution in [2.24, 2.45) is 0 Å². The van der Waals surface area contributed by atoms with E-state index in [1.807, 2.05) is 0 Å². The van der Waals surface area contributed by atoms with E-state index in [0.717, 1.165) is 0 Å². The Hall–Kier alpha value is -1.59. The van der Waals surface area contributed by atoms with Gasteiger partial charge in [-0.3, -0.25) is 14.4 Å². The van der Waals surface area contributed by atoms with Crippen LogP contribution in [0.25, 0.3) is 0 Å². The summed E-state index contributed by atoms with van der Waals surface area (Å²) in [5, 5.41) is 8.41. The molecule has 1 N–H and O–H groups in total. The predicted octanol–water partition coefficient (Wildman–Crippen LogP) is -1.24. The molecule has 6 heteroatoms. The summed E-state index contributed by atoms with van der Waals surface area (Å²) in [6, 6.07) is 0. The van der Waals surface area contributed by atoms with E-state index in [4.69, 9.17) is 5.11 Å². The summed E-state index contributed by atoms with van der Waals surface area (Å²) in [7, 11) is 1.55. The number of carboxylic acids is 1. The second-order valence-corrected chi connectivity index (χ2v) is 3.16. The maximum absolute atomic E-state index is 11.3. The van der Waals surface area contributed by atoms with Crippen LogP contribution in [-0.4, -0.2) is 59.4 Å². The average molecular weight is 200 g/mol. The van der Waals surface area contributed by atoms with Crippen LogP contribution in [0.5, 0.6) is 0 Å². The van der Waals surface area contributed by atoms with Crippen LogP contribution in [0.3, 0.4) is 0 Å². The van der Waals surface area contributed by atoms with E-state index >= 15 is 0 Å². The molecule has 0 radical (unpaired) electrons. The van der Waals surface area contributed by atoms with Crippen LogP contribution in [0.15, 0.2) is 0 Å². The molecule has 0 spiro atoms. The van der Waals surface area contributed by atoms with Crippen LogP contribution in [0, 0.1) is 0 Å². The van der Waals surface area contributed by atoms with Gasteiger partial charge in [-0.15, -0.1) is 0 Å². The second-order valence-electron chi connectivity index (χ2n) is 3.16. The summed E-state index contributed by atoms with van der Waals surface area (Å²) in [5.74, 6) is -2.15. The minimum atomic E-state index is -0.968. The Morgan fingerprint density at radius 2 is 2.00 bits per heavy atom. The maximum Gasteiger partial charge on any atom is 0.312 e. The van der Waals surface area contributed by atoms with Gasteiger partial charge >= 0.3 is 17.8 Å². The van der Waals surface area contributed by atoms with E-state index in [2.05, 4.69) is 0 Å². The van der Waals surface area contributed by atoms with Gasteiger partial charge < -0.3 is 14.9 Å². The van der Waals surface area contributed by atoms with Crippen molar-refractivity contribution in [3.05, 3.63) is 0 Å². The van der Waals surface area contributed by atoms with E-state index in [-0.39, 0.29) is 13.0 Å². The highest BCUT2D eigenvalue weighted by Crippen LogP contribution is 2.03. The van der Waals surface area contributed by atoms with Crippen molar-refractivity contribution in [2.45, 2.75) is 6.42 Å². The molecule has 1 saturated heterocycles. The minimum Gasteiger partial charge on any atom is -0.481 e. The van der Waals surface area contributed by atoms with Gasteiger partial charge in [-0.25, -0.2) is 0 Å². The molecule has 1 fully saturated rings. The minimum absolute atomic E-state index is 0.105. The van der Waals surface area contributed by atoms with Gasteiger partial charge in [0.15, 0.2) is 0 Å². The summed E-state index contributed by atoms with van der Waals surface area (Å²) >= 11 is 0. The Kier molecular flexibility index (Phi) is 3.06. The summed E-state index contributed by atoms with van der Waals surface area (Å²) in [6.45, 7) is 0.978. The molecule has 1 aliphatic heterocycles. The van der Waals surface area contributed by atoms with Crippen LogP contribution in [-0.2, 0) is 14.4 Å². The first-order valence-electron chi connectivity index (χ1n) is 4.28. The highest BCUT2D eigenvalue weighted by molar-refractivity contribution is 6.35. The quantitative estimate of drug-likeness (QED) is 0.578. The number of carbonyl (C=O) groups excluding carboxylic acids is 2. The molecular weight excluding hydrogens is 188 g/mol. The number of piperazine rings is 1. The first kappa shape index (κ1) is 10.5. The Balaban J connectivity index is 2.51. The van der Waals surface area contributed by atoms with E-state index in [1.54, 1.807) is 7.05 Å². The van der Waals surface area contributed by atoms with Crippen LogP contribution >= 0.6 is 0 Å². The van der Waals surface area contributed by atoms with Crippen molar-refractivity contribution in [2.75, 3.05) is 26.7 Å². The number of likely N-dealkylation sites (N-methyl/N-ethyl adjacent to an activating group) is 1. The number of carbonyl (C=O) groups is 3. The van der Waals surface area contributed by atoms with Gasteiger partial charge in [-0.1, -0.05) is 0 Å². The zero-order valence-electron chi connectivity index (χ0n) is 7.89. The van der Waals surface area contributed by atoms with Crippen LogP contribution in [0.4, 0.5) is 0 Å². The number of rotatable bonds is 3. The molecule has 78 valence electrons. The molecule has 14 heavy (non-hydrogen) atoms. The van der Waals surface area contributed by atoms with E-state index in [0.29, 0.717) is 13.1 Å². The Labute approximate surface area is 81.1 Å². The second kappa shape index (κ2) is 4.08. The van der Waals surface area contributed by atoms with Crippen LogP contribution < -0.4 is 0 Å². The third-order valence-corrected chi connectivity index (χ3v) is 2.12. The lowest BCUT2D eigenvalue weighted by molar-refractivity contribution is -0.155. The number of aliphatic carboxylic acids is 1. The Morgan fingerprint density at radius 1 is 1.36 bits per heavy atom. The van der Waals surface area contributed by atoms with Gasteiger partial charge in [-0.2, -0.15) is 0 Å². The fraction of sp³-hybridized carbons (Fsp3) is 0.625. The molecule has 0 aromatic carbocycles. The standard InChI is InChI=1S/C8H12N2O4/c1-9-4-5-10(3-2-6(11)12)8(14)7(9)13/h2-5H2,1H3,(H,11,12). The van der Waals surface area contributed by atoms with Gasteiger partial charge in [0, 0.05) is 26.7 Å². The first-order chi connectivity index (χ1) is 6.52. The summed E-state index contributed by atoms with van der Waals surface area (Å²) in [4.78, 5) is 35.3. The van der Waals surface area contributed by atoms with Crippen molar-refractivity contribution in [1.29, 1.82) is 0 Å². The van der Waals surface area contributed by atoms with Crippen molar-refractivity contribution in [3.8, 4) is 0 Å². The highest BCUT2D eigenvalue weighted by Gasteiger charge is 2.29. The van der Waals surface area contributed by atoms with Crippen molar-refractivity contribution in [1.82, 2.24) is 9.80 Å². The molecular formula is C8H12N2O4. The molecule has 0 aromatic rings. The largest absolute Gasteiger partial charge is 0.481 e. The molecule has 0 atom stereocenters. The fourth-order valence-corrected chi connectivity index (χ4v) is 1.22. The number of hydrogen-bond acceptors (Lipinski definition) is 3. The molecule has 0 unspecified atom stereocenters. The topological polar surface area (TPSA) is 77.9 Å². The normalized spacial score (nSPS) is 17.5. The molecule has 1 heterocycles. The lowest BCUT2D eigenvalue weighted by Gasteiger charge is -2.30. The summed E-state index contributed by atoms with van der Waals surface area (Å²) in [6.07, 6.45) is -0.122. The molecule has 0 bridgehead atoms. The Morgan fingerprint density at radius 3 is 2.57 bits per heavy atom. The highest BCUT2D eigenvalue weighted by atomic mass is 16.4. The number of hydrogen-bond donors (Lipinski definition) is 1. The number of carboxylic acid groups (broad SMARTS) is 1. The average Bonchev–Trinajstić information content (AvgIpc) is 2.13. The SMILES string of the molecule is CN1CCN(CCC(=O)O)C(=O)C1=O. The van der Waals surface area contributed by atoms with E-state index < -0.39 is 17.8 Å². The molecule has 2 amide bonds. The van der Waals surface area contributed by atoms with Gasteiger partial charge in [0.05, 0.1) is 6.42 Å². The van der Waals surface area contributed by atoms with Crippen LogP contribution in [0.2, 0.25) is 0 Å². The summed E-state index contributed by atoms with van der Waals surface area (Å²) < 4.78 is 0. The van der Waals surface area contributed by atoms with E-state index in [1.165, 1.54) is 9.80 Å². The van der Waals surface area contributed by atoms with Crippen molar-refractivity contribution in [3.63, 3.8) is 0 Å². The molecule has 6 nitrogen and oxygen atoms in total. The fourth-order valence-electron chi connectivity index (χ4n) is 1.22. The maximum atomic E-state index is 11.3. The third-order valence-electron chi connectivity index (χ3n) is 2.12. The van der Waals surface area contributed by atoms with Gasteiger partial charge in [0.1, 0.15) is 0 Å². The van der Waals surface area contributed by atoms with Crippen molar-refractivity contribution >= 4 is 17.8 Å². The lowest BCUT2D eigenvalue weighted by Crippen LogP contribution is -2.53. The smallest absolute Gasteiger partial charge is 0.312 e. The summed E-state index contributed by atoms with van der Waals surface area (Å²) in [5.41, 5.74) is 0. The van der Waals surface area contributed by atoms with E-state index in [9.17, 15) is 14.4 Å². The molecule has 1 aliphatic rings. The zero-order chi connectivity index (χ0) is 10.7. The first-order valence-corrected chi connectivity index (χ1v) is 4.28.